The Hall–Kier alpha value is -2.54. The topological polar surface area (TPSA) is 107 Å². The molecular formula is C16H18ClN3O4. The molecule has 1 aromatic heterocycles. The molecule has 0 aliphatic carbocycles. The molecule has 0 radical (unpaired) electrons. The number of nitrogen functional groups attached to an aromatic ring is 1. The Morgan fingerprint density at radius 1 is 1.33 bits per heavy atom. The van der Waals surface area contributed by atoms with Crippen molar-refractivity contribution in [3.05, 3.63) is 40.5 Å². The first kappa shape index (κ1) is 17.8. The van der Waals surface area contributed by atoms with E-state index in [1.54, 1.807) is 6.07 Å². The third-order valence-electron chi connectivity index (χ3n) is 3.11. The van der Waals surface area contributed by atoms with Crippen molar-refractivity contribution >= 4 is 35.0 Å². The summed E-state index contributed by atoms with van der Waals surface area (Å²) in [4.78, 5) is 23.7. The number of nitrogens with one attached hydrogen (secondary N) is 1. The minimum absolute atomic E-state index is 0.141. The number of ether oxygens (including phenoxy) is 1. The lowest BCUT2D eigenvalue weighted by molar-refractivity contribution is -0.119. The van der Waals surface area contributed by atoms with Gasteiger partial charge < -0.3 is 15.0 Å². The van der Waals surface area contributed by atoms with Crippen molar-refractivity contribution in [3.63, 3.8) is 0 Å². The standard InChI is InChI=1S/C16H18ClN3O4/c1-16(2,3)12-7-14(24-20-12)19-13(21)8-23-15(22)10-5-4-9(17)6-11(10)18/h4-7H,8,18H2,1-3H3,(H,19,21). The van der Waals surface area contributed by atoms with Gasteiger partial charge in [-0.05, 0) is 18.2 Å². The zero-order chi connectivity index (χ0) is 17.9. The number of amides is 1. The van der Waals surface area contributed by atoms with Gasteiger partial charge >= 0.3 is 5.97 Å². The van der Waals surface area contributed by atoms with Crippen LogP contribution in [0.4, 0.5) is 11.6 Å². The zero-order valence-electron chi connectivity index (χ0n) is 13.6. The Morgan fingerprint density at radius 3 is 2.62 bits per heavy atom. The summed E-state index contributed by atoms with van der Waals surface area (Å²) < 4.78 is 9.95. The molecular weight excluding hydrogens is 334 g/mol. The molecule has 0 saturated carbocycles. The number of rotatable bonds is 4. The van der Waals surface area contributed by atoms with Crippen LogP contribution in [0.3, 0.4) is 0 Å². The molecule has 7 nitrogen and oxygen atoms in total. The second kappa shape index (κ2) is 6.92. The fraction of sp³-hybridized carbons (Fsp3) is 0.312. The molecule has 1 amide bonds. The number of halogens is 1. The van der Waals surface area contributed by atoms with Crippen LogP contribution in [0, 0.1) is 0 Å². The van der Waals surface area contributed by atoms with E-state index in [0.717, 1.165) is 0 Å². The summed E-state index contributed by atoms with van der Waals surface area (Å²) in [6.07, 6.45) is 0. The number of nitrogens with two attached hydrogens (primary N) is 1. The third-order valence-corrected chi connectivity index (χ3v) is 3.34. The Bertz CT molecular complexity index is 765. The van der Waals surface area contributed by atoms with Crippen LogP contribution in [0.25, 0.3) is 0 Å². The highest BCUT2D eigenvalue weighted by Crippen LogP contribution is 2.23. The number of aromatic nitrogens is 1. The maximum Gasteiger partial charge on any atom is 0.340 e. The minimum Gasteiger partial charge on any atom is -0.452 e. The van der Waals surface area contributed by atoms with E-state index in [0.29, 0.717) is 10.7 Å². The van der Waals surface area contributed by atoms with E-state index in [4.69, 9.17) is 26.6 Å². The highest BCUT2D eigenvalue weighted by Gasteiger charge is 2.20. The maximum atomic E-state index is 11.9. The fourth-order valence-corrected chi connectivity index (χ4v) is 1.97. The van der Waals surface area contributed by atoms with Crippen LogP contribution >= 0.6 is 11.6 Å². The summed E-state index contributed by atoms with van der Waals surface area (Å²) in [5.41, 5.74) is 6.50. The number of anilines is 2. The Balaban J connectivity index is 1.91. The molecule has 8 heteroatoms. The Kier molecular flexibility index (Phi) is 5.14. The number of benzene rings is 1. The van der Waals surface area contributed by atoms with Gasteiger partial charge in [-0.2, -0.15) is 0 Å². The number of carbonyl (C=O) groups excluding carboxylic acids is 2. The number of nitrogens with zero attached hydrogens (tertiary/aromatic N) is 1. The van der Waals surface area contributed by atoms with E-state index in [1.165, 1.54) is 18.2 Å². The van der Waals surface area contributed by atoms with Gasteiger partial charge in [-0.15, -0.1) is 0 Å². The monoisotopic (exact) mass is 351 g/mol. The lowest BCUT2D eigenvalue weighted by Gasteiger charge is -2.12. The highest BCUT2D eigenvalue weighted by molar-refractivity contribution is 6.31. The van der Waals surface area contributed by atoms with Crippen LogP contribution in [0.1, 0.15) is 36.8 Å². The van der Waals surface area contributed by atoms with Crippen molar-refractivity contribution < 1.29 is 18.8 Å². The van der Waals surface area contributed by atoms with Crippen molar-refractivity contribution in [2.75, 3.05) is 17.7 Å². The van der Waals surface area contributed by atoms with E-state index in [1.807, 2.05) is 20.8 Å². The number of hydrogen-bond donors (Lipinski definition) is 2. The van der Waals surface area contributed by atoms with Crippen LogP contribution in [-0.4, -0.2) is 23.6 Å². The first-order valence-electron chi connectivity index (χ1n) is 7.16. The number of esters is 1. The molecule has 3 N–H and O–H groups in total. The maximum absolute atomic E-state index is 11.9. The molecule has 24 heavy (non-hydrogen) atoms. The molecule has 0 fully saturated rings. The van der Waals surface area contributed by atoms with Crippen molar-refractivity contribution in [1.82, 2.24) is 5.16 Å². The summed E-state index contributed by atoms with van der Waals surface area (Å²) >= 11 is 5.76. The van der Waals surface area contributed by atoms with Gasteiger partial charge in [0.25, 0.3) is 5.91 Å². The second-order valence-corrected chi connectivity index (χ2v) is 6.62. The largest absolute Gasteiger partial charge is 0.452 e. The second-order valence-electron chi connectivity index (χ2n) is 6.18. The molecule has 1 aromatic carbocycles. The lowest BCUT2D eigenvalue weighted by atomic mass is 9.92. The lowest BCUT2D eigenvalue weighted by Crippen LogP contribution is -2.21. The van der Waals surface area contributed by atoms with Gasteiger partial charge in [0.1, 0.15) is 0 Å². The molecule has 0 saturated heterocycles. The number of carbonyl (C=O) groups is 2. The molecule has 0 bridgehead atoms. The molecule has 1 heterocycles. The molecule has 0 atom stereocenters. The van der Waals surface area contributed by atoms with Crippen LogP contribution in [0.5, 0.6) is 0 Å². The average molecular weight is 352 g/mol. The van der Waals surface area contributed by atoms with Gasteiger partial charge in [0.2, 0.25) is 5.88 Å². The Morgan fingerprint density at radius 2 is 2.04 bits per heavy atom. The smallest absolute Gasteiger partial charge is 0.340 e. The third kappa shape index (κ3) is 4.48. The molecule has 0 unspecified atom stereocenters. The number of hydrogen-bond acceptors (Lipinski definition) is 6. The van der Waals surface area contributed by atoms with Crippen LogP contribution in [0.15, 0.2) is 28.8 Å². The summed E-state index contributed by atoms with van der Waals surface area (Å²) in [7, 11) is 0. The van der Waals surface area contributed by atoms with Crippen molar-refractivity contribution in [2.24, 2.45) is 0 Å². The van der Waals surface area contributed by atoms with Gasteiger partial charge in [0.05, 0.1) is 11.3 Å². The minimum atomic E-state index is -0.715. The predicted molar refractivity (Wildman–Crippen MR) is 90.0 cm³/mol. The van der Waals surface area contributed by atoms with Crippen molar-refractivity contribution in [2.45, 2.75) is 26.2 Å². The predicted octanol–water partition coefficient (Wildman–Crippen LogP) is 3.00. The SMILES string of the molecule is CC(C)(C)c1cc(NC(=O)COC(=O)c2ccc(Cl)cc2N)on1. The van der Waals surface area contributed by atoms with E-state index in [9.17, 15) is 9.59 Å². The van der Waals surface area contributed by atoms with Crippen molar-refractivity contribution in [1.29, 1.82) is 0 Å². The van der Waals surface area contributed by atoms with E-state index in [2.05, 4.69) is 10.5 Å². The van der Waals surface area contributed by atoms with Crippen LogP contribution < -0.4 is 11.1 Å². The van der Waals surface area contributed by atoms with E-state index in [-0.39, 0.29) is 22.6 Å². The van der Waals surface area contributed by atoms with E-state index >= 15 is 0 Å². The quantitative estimate of drug-likeness (QED) is 0.647. The van der Waals surface area contributed by atoms with Crippen LogP contribution in [0.2, 0.25) is 5.02 Å². The average Bonchev–Trinajstić information content (AvgIpc) is 2.93. The van der Waals surface area contributed by atoms with E-state index < -0.39 is 18.5 Å². The first-order valence-corrected chi connectivity index (χ1v) is 7.54. The summed E-state index contributed by atoms with van der Waals surface area (Å²) in [6.45, 7) is 5.42. The van der Waals surface area contributed by atoms with Gasteiger partial charge in [-0.25, -0.2) is 4.79 Å². The van der Waals surface area contributed by atoms with Gasteiger partial charge in [-0.1, -0.05) is 37.5 Å². The molecule has 0 aliphatic rings. The summed E-state index contributed by atoms with van der Waals surface area (Å²) in [5.74, 6) is -1.08. The first-order chi connectivity index (χ1) is 11.2. The highest BCUT2D eigenvalue weighted by atomic mass is 35.5. The van der Waals surface area contributed by atoms with Crippen molar-refractivity contribution in [3.8, 4) is 0 Å². The molecule has 2 rings (SSSR count). The van der Waals surface area contributed by atoms with Gasteiger partial charge in [0.15, 0.2) is 6.61 Å². The normalized spacial score (nSPS) is 11.2. The molecule has 0 spiro atoms. The van der Waals surface area contributed by atoms with Gasteiger partial charge in [0, 0.05) is 22.2 Å². The zero-order valence-corrected chi connectivity index (χ0v) is 14.3. The molecule has 0 aliphatic heterocycles. The molecule has 2 aromatic rings. The molecule has 128 valence electrons. The van der Waals surface area contributed by atoms with Gasteiger partial charge in [-0.3, -0.25) is 10.1 Å². The Labute approximate surface area is 144 Å². The fourth-order valence-electron chi connectivity index (χ4n) is 1.79. The van der Waals surface area contributed by atoms with Crippen LogP contribution in [-0.2, 0) is 14.9 Å². The summed E-state index contributed by atoms with van der Waals surface area (Å²) in [5, 5.41) is 6.75. The summed E-state index contributed by atoms with van der Waals surface area (Å²) in [6, 6.07) is 6.00.